The van der Waals surface area contributed by atoms with E-state index in [2.05, 4.69) is 10.1 Å². The number of carbonyl (C=O) groups is 1. The number of carboxylic acids is 1. The lowest BCUT2D eigenvalue weighted by atomic mass is 10.2. The van der Waals surface area contributed by atoms with Crippen LogP contribution in [-0.4, -0.2) is 27.3 Å². The Balaban J connectivity index is 2.01. The topological polar surface area (TPSA) is 85.5 Å². The monoisotopic (exact) mass is 248 g/mol. The number of carboxylic acid groups (broad SMARTS) is 1. The van der Waals surface area contributed by atoms with Gasteiger partial charge in [-0.05, 0) is 19.1 Å². The molecule has 0 aliphatic rings. The summed E-state index contributed by atoms with van der Waals surface area (Å²) in [7, 11) is 0. The van der Waals surface area contributed by atoms with Gasteiger partial charge in [-0.3, -0.25) is 0 Å². The van der Waals surface area contributed by atoms with Crippen molar-refractivity contribution in [3.05, 3.63) is 36.2 Å². The molecule has 0 aliphatic heterocycles. The first-order chi connectivity index (χ1) is 8.66. The van der Waals surface area contributed by atoms with Gasteiger partial charge in [0.1, 0.15) is 6.61 Å². The first-order valence-corrected chi connectivity index (χ1v) is 5.39. The van der Waals surface area contributed by atoms with Gasteiger partial charge in [0.05, 0.1) is 0 Å². The number of aromatic nitrogens is 2. The van der Waals surface area contributed by atoms with Crippen LogP contribution in [0.2, 0.25) is 0 Å². The summed E-state index contributed by atoms with van der Waals surface area (Å²) in [6.45, 7) is 1.45. The summed E-state index contributed by atoms with van der Waals surface area (Å²) in [6.07, 6.45) is -0.899. The van der Waals surface area contributed by atoms with E-state index in [1.807, 2.05) is 30.3 Å². The van der Waals surface area contributed by atoms with Gasteiger partial charge in [-0.1, -0.05) is 23.4 Å². The number of aliphatic carboxylic acids is 1. The van der Waals surface area contributed by atoms with Crippen LogP contribution < -0.4 is 0 Å². The Labute approximate surface area is 103 Å². The van der Waals surface area contributed by atoms with Crippen molar-refractivity contribution in [2.75, 3.05) is 0 Å². The van der Waals surface area contributed by atoms with Gasteiger partial charge < -0.3 is 14.4 Å². The van der Waals surface area contributed by atoms with Crippen LogP contribution in [0.3, 0.4) is 0 Å². The zero-order valence-corrected chi connectivity index (χ0v) is 9.74. The second-order valence-electron chi connectivity index (χ2n) is 3.67. The lowest BCUT2D eigenvalue weighted by molar-refractivity contribution is -0.150. The van der Waals surface area contributed by atoms with E-state index < -0.39 is 12.1 Å². The van der Waals surface area contributed by atoms with E-state index >= 15 is 0 Å². The van der Waals surface area contributed by atoms with E-state index in [9.17, 15) is 4.79 Å². The Kier molecular flexibility index (Phi) is 3.69. The van der Waals surface area contributed by atoms with Gasteiger partial charge in [0.15, 0.2) is 11.9 Å². The fourth-order valence-electron chi connectivity index (χ4n) is 1.28. The molecule has 2 rings (SSSR count). The van der Waals surface area contributed by atoms with Gasteiger partial charge >= 0.3 is 5.97 Å². The molecule has 0 bridgehead atoms. The predicted octanol–water partition coefficient (Wildman–Crippen LogP) is 1.73. The van der Waals surface area contributed by atoms with Crippen molar-refractivity contribution in [2.45, 2.75) is 19.6 Å². The van der Waals surface area contributed by atoms with Crippen LogP contribution in [0, 0.1) is 0 Å². The number of hydrogen-bond acceptors (Lipinski definition) is 5. The maximum Gasteiger partial charge on any atom is 0.332 e. The smallest absolute Gasteiger partial charge is 0.332 e. The quantitative estimate of drug-likeness (QED) is 0.867. The van der Waals surface area contributed by atoms with Crippen molar-refractivity contribution in [1.82, 2.24) is 10.1 Å². The molecule has 1 aromatic carbocycles. The van der Waals surface area contributed by atoms with Crippen molar-refractivity contribution >= 4 is 5.97 Å². The minimum absolute atomic E-state index is 0.00377. The number of rotatable bonds is 5. The highest BCUT2D eigenvalue weighted by molar-refractivity contribution is 5.71. The van der Waals surface area contributed by atoms with Crippen molar-refractivity contribution < 1.29 is 19.2 Å². The van der Waals surface area contributed by atoms with Crippen molar-refractivity contribution in [2.24, 2.45) is 0 Å². The molecule has 0 saturated carbocycles. The van der Waals surface area contributed by atoms with Crippen LogP contribution in [0.4, 0.5) is 0 Å². The molecule has 0 saturated heterocycles. The van der Waals surface area contributed by atoms with Crippen LogP contribution in [0.25, 0.3) is 11.5 Å². The summed E-state index contributed by atoms with van der Waals surface area (Å²) in [5.74, 6) is -0.319. The maximum atomic E-state index is 10.6. The normalized spacial score (nSPS) is 12.3. The minimum Gasteiger partial charge on any atom is -0.479 e. The fourth-order valence-corrected chi connectivity index (χ4v) is 1.28. The average Bonchev–Trinajstić information content (AvgIpc) is 2.85. The molecule has 18 heavy (non-hydrogen) atoms. The van der Waals surface area contributed by atoms with Gasteiger partial charge in [0.2, 0.25) is 0 Å². The van der Waals surface area contributed by atoms with Crippen molar-refractivity contribution in [1.29, 1.82) is 0 Å². The van der Waals surface area contributed by atoms with Gasteiger partial charge in [0.25, 0.3) is 5.89 Å². The first-order valence-electron chi connectivity index (χ1n) is 5.39. The second-order valence-corrected chi connectivity index (χ2v) is 3.67. The molecule has 0 unspecified atom stereocenters. The highest BCUT2D eigenvalue weighted by Gasteiger charge is 2.14. The fraction of sp³-hybridized carbons (Fsp3) is 0.250. The van der Waals surface area contributed by atoms with Gasteiger partial charge in [0, 0.05) is 5.56 Å². The van der Waals surface area contributed by atoms with Gasteiger partial charge in [-0.15, -0.1) is 0 Å². The zero-order valence-electron chi connectivity index (χ0n) is 9.74. The molecule has 0 radical (unpaired) electrons. The van der Waals surface area contributed by atoms with Gasteiger partial charge in [-0.25, -0.2) is 4.79 Å². The molecule has 0 fully saturated rings. The second kappa shape index (κ2) is 5.42. The molecule has 6 heteroatoms. The lowest BCUT2D eigenvalue weighted by Gasteiger charge is -2.04. The van der Waals surface area contributed by atoms with Crippen LogP contribution in [0.5, 0.6) is 0 Å². The largest absolute Gasteiger partial charge is 0.479 e. The molecular weight excluding hydrogens is 236 g/mol. The third-order valence-electron chi connectivity index (χ3n) is 2.30. The molecular formula is C12H12N2O4. The van der Waals surface area contributed by atoms with E-state index in [1.165, 1.54) is 6.92 Å². The molecule has 94 valence electrons. The molecule has 0 spiro atoms. The van der Waals surface area contributed by atoms with E-state index in [4.69, 9.17) is 14.4 Å². The molecule has 1 atom stereocenters. The highest BCUT2D eigenvalue weighted by atomic mass is 16.5. The maximum absolute atomic E-state index is 10.6. The summed E-state index contributed by atoms with van der Waals surface area (Å²) in [5, 5.41) is 12.4. The predicted molar refractivity (Wildman–Crippen MR) is 61.6 cm³/mol. The lowest BCUT2D eigenvalue weighted by Crippen LogP contribution is -2.19. The third kappa shape index (κ3) is 2.92. The Bertz CT molecular complexity index is 524. The van der Waals surface area contributed by atoms with Crippen LogP contribution >= 0.6 is 0 Å². The van der Waals surface area contributed by atoms with E-state index in [0.717, 1.165) is 5.56 Å². The third-order valence-corrected chi connectivity index (χ3v) is 2.30. The van der Waals surface area contributed by atoms with Crippen LogP contribution in [0.1, 0.15) is 12.7 Å². The van der Waals surface area contributed by atoms with E-state index in [-0.39, 0.29) is 6.61 Å². The molecule has 1 N–H and O–H groups in total. The van der Waals surface area contributed by atoms with E-state index in [0.29, 0.717) is 11.7 Å². The number of benzene rings is 1. The highest BCUT2D eigenvalue weighted by Crippen LogP contribution is 2.16. The Hall–Kier alpha value is -2.21. The minimum atomic E-state index is -1.03. The molecule has 2 aromatic rings. The number of ether oxygens (including phenoxy) is 1. The number of nitrogens with zero attached hydrogens (tertiary/aromatic N) is 2. The Morgan fingerprint density at radius 3 is 2.83 bits per heavy atom. The first kappa shape index (κ1) is 12.3. The summed E-state index contributed by atoms with van der Waals surface area (Å²) in [5.41, 5.74) is 0.808. The summed E-state index contributed by atoms with van der Waals surface area (Å²) in [4.78, 5) is 14.7. The Morgan fingerprint density at radius 2 is 2.17 bits per heavy atom. The molecule has 1 aromatic heterocycles. The molecule has 1 heterocycles. The molecule has 0 amide bonds. The molecule has 6 nitrogen and oxygen atoms in total. The number of hydrogen-bond donors (Lipinski definition) is 1. The summed E-state index contributed by atoms with van der Waals surface area (Å²) in [6, 6.07) is 9.30. The summed E-state index contributed by atoms with van der Waals surface area (Å²) >= 11 is 0. The molecule has 0 aliphatic carbocycles. The van der Waals surface area contributed by atoms with Crippen molar-refractivity contribution in [3.63, 3.8) is 0 Å². The summed E-state index contributed by atoms with van der Waals surface area (Å²) < 4.78 is 10.1. The van der Waals surface area contributed by atoms with Crippen LogP contribution in [-0.2, 0) is 16.1 Å². The standard InChI is InChI=1S/C12H12N2O4/c1-8(12(15)16)17-7-10-13-11(18-14-10)9-5-3-2-4-6-9/h2-6,8H,7H2,1H3,(H,15,16)/t8-/m0/s1. The average molecular weight is 248 g/mol. The van der Waals surface area contributed by atoms with Gasteiger partial charge in [-0.2, -0.15) is 4.98 Å². The van der Waals surface area contributed by atoms with Crippen LogP contribution in [0.15, 0.2) is 34.9 Å². The van der Waals surface area contributed by atoms with E-state index in [1.54, 1.807) is 0 Å². The van der Waals surface area contributed by atoms with Crippen molar-refractivity contribution in [3.8, 4) is 11.5 Å². The zero-order chi connectivity index (χ0) is 13.0. The SMILES string of the molecule is C[C@H](OCc1noc(-c2ccccc2)n1)C(=O)O. The Morgan fingerprint density at radius 1 is 1.44 bits per heavy atom.